The van der Waals surface area contributed by atoms with Gasteiger partial charge in [0.2, 0.25) is 0 Å². The second-order valence-corrected chi connectivity index (χ2v) is 6.55. The largest absolute Gasteiger partial charge is 0.478 e. The van der Waals surface area contributed by atoms with E-state index in [2.05, 4.69) is 5.10 Å². The third-order valence-electron chi connectivity index (χ3n) is 4.51. The van der Waals surface area contributed by atoms with Gasteiger partial charge in [-0.2, -0.15) is 5.10 Å². The van der Waals surface area contributed by atoms with Crippen LogP contribution in [0, 0.1) is 6.92 Å². The van der Waals surface area contributed by atoms with Crippen molar-refractivity contribution in [1.29, 1.82) is 0 Å². The summed E-state index contributed by atoms with van der Waals surface area (Å²) in [7, 11) is 1.32. The number of ether oxygens (including phenoxy) is 1. The van der Waals surface area contributed by atoms with Crippen molar-refractivity contribution in [2.75, 3.05) is 7.11 Å². The quantitative estimate of drug-likeness (QED) is 0.647. The minimum absolute atomic E-state index is 0.189. The van der Waals surface area contributed by atoms with E-state index in [4.69, 9.17) is 4.74 Å². The van der Waals surface area contributed by atoms with Gasteiger partial charge < -0.3 is 9.84 Å². The number of aromatic nitrogens is 2. The maximum absolute atomic E-state index is 12.1. The molecule has 0 radical (unpaired) electrons. The lowest BCUT2D eigenvalue weighted by Crippen LogP contribution is -2.06. The first kappa shape index (κ1) is 19.4. The van der Waals surface area contributed by atoms with E-state index in [1.54, 1.807) is 28.9 Å². The van der Waals surface area contributed by atoms with Crippen LogP contribution in [0.2, 0.25) is 0 Å². The number of esters is 1. The highest BCUT2D eigenvalue weighted by atomic mass is 16.5. The molecule has 0 fully saturated rings. The molecule has 0 bridgehead atoms. The van der Waals surface area contributed by atoms with Crippen molar-refractivity contribution in [2.24, 2.45) is 0 Å². The molecule has 144 valence electrons. The molecule has 6 nitrogen and oxygen atoms in total. The Morgan fingerprint density at radius 1 is 1.14 bits per heavy atom. The molecule has 6 heteroatoms. The minimum Gasteiger partial charge on any atom is -0.478 e. The molecule has 0 saturated heterocycles. The van der Waals surface area contributed by atoms with E-state index in [1.807, 2.05) is 38.1 Å². The minimum atomic E-state index is -1.02. The summed E-state index contributed by atoms with van der Waals surface area (Å²) in [4.78, 5) is 23.8. The average molecular weight is 378 g/mol. The van der Waals surface area contributed by atoms with Gasteiger partial charge in [0.25, 0.3) is 0 Å². The van der Waals surface area contributed by atoms with E-state index in [0.29, 0.717) is 28.9 Å². The van der Waals surface area contributed by atoms with Crippen LogP contribution in [0.25, 0.3) is 16.9 Å². The summed E-state index contributed by atoms with van der Waals surface area (Å²) >= 11 is 0. The summed E-state index contributed by atoms with van der Waals surface area (Å²) in [5.74, 6) is -1.46. The molecule has 1 N–H and O–H groups in total. The fraction of sp³-hybridized carbons (Fsp3) is 0.227. The molecule has 0 aliphatic rings. The lowest BCUT2D eigenvalue weighted by molar-refractivity contribution is 0.0599. The molecule has 2 aromatic carbocycles. The first-order chi connectivity index (χ1) is 13.5. The Morgan fingerprint density at radius 2 is 1.86 bits per heavy atom. The highest BCUT2D eigenvalue weighted by Gasteiger charge is 2.25. The van der Waals surface area contributed by atoms with Gasteiger partial charge in [-0.3, -0.25) is 0 Å². The zero-order valence-electron chi connectivity index (χ0n) is 16.1. The monoisotopic (exact) mass is 378 g/mol. The Bertz CT molecular complexity index is 1020. The Morgan fingerprint density at radius 3 is 2.43 bits per heavy atom. The number of rotatable bonds is 6. The molecule has 0 amide bonds. The van der Waals surface area contributed by atoms with Crippen LogP contribution in [0.1, 0.15) is 45.3 Å². The van der Waals surface area contributed by atoms with Crippen LogP contribution >= 0.6 is 0 Å². The molecule has 0 unspecified atom stereocenters. The predicted octanol–water partition coefficient (Wildman–Crippen LogP) is 4.29. The van der Waals surface area contributed by atoms with Gasteiger partial charge in [-0.05, 0) is 43.2 Å². The van der Waals surface area contributed by atoms with Crippen molar-refractivity contribution in [3.8, 4) is 16.9 Å². The number of carboxylic acids is 1. The summed E-state index contributed by atoms with van der Waals surface area (Å²) in [6.45, 7) is 3.99. The number of carbonyl (C=O) groups is 2. The lowest BCUT2D eigenvalue weighted by Gasteiger charge is -2.08. The molecule has 3 rings (SSSR count). The number of aromatic carboxylic acids is 1. The average Bonchev–Trinajstić information content (AvgIpc) is 3.07. The van der Waals surface area contributed by atoms with E-state index in [9.17, 15) is 14.7 Å². The molecule has 1 aromatic heterocycles. The van der Waals surface area contributed by atoms with Gasteiger partial charge in [0.05, 0.1) is 24.1 Å². The van der Waals surface area contributed by atoms with Gasteiger partial charge in [0.15, 0.2) is 0 Å². The molecule has 0 saturated carbocycles. The van der Waals surface area contributed by atoms with E-state index in [-0.39, 0.29) is 5.56 Å². The third-order valence-corrected chi connectivity index (χ3v) is 4.51. The Kier molecular flexibility index (Phi) is 5.59. The third kappa shape index (κ3) is 3.67. The molecule has 0 aliphatic heterocycles. The Labute approximate surface area is 163 Å². The first-order valence-electron chi connectivity index (χ1n) is 9.07. The van der Waals surface area contributed by atoms with Crippen molar-refractivity contribution < 1.29 is 19.4 Å². The van der Waals surface area contributed by atoms with E-state index in [1.165, 1.54) is 7.11 Å². The highest BCUT2D eigenvalue weighted by molar-refractivity contribution is 5.97. The molecule has 28 heavy (non-hydrogen) atoms. The van der Waals surface area contributed by atoms with Crippen LogP contribution in [-0.2, 0) is 11.2 Å². The van der Waals surface area contributed by atoms with Gasteiger partial charge in [-0.25, -0.2) is 14.3 Å². The molecule has 3 aromatic rings. The summed E-state index contributed by atoms with van der Waals surface area (Å²) in [5.41, 5.74) is 4.15. The molecule has 1 heterocycles. The topological polar surface area (TPSA) is 81.4 Å². The lowest BCUT2D eigenvalue weighted by atomic mass is 10.0. The van der Waals surface area contributed by atoms with E-state index < -0.39 is 11.9 Å². The number of benzene rings is 2. The fourth-order valence-electron chi connectivity index (χ4n) is 3.20. The maximum atomic E-state index is 12.1. The van der Waals surface area contributed by atoms with Gasteiger partial charge in [-0.15, -0.1) is 0 Å². The number of aryl methyl sites for hydroxylation is 1. The van der Waals surface area contributed by atoms with Crippen molar-refractivity contribution in [1.82, 2.24) is 9.78 Å². The fourth-order valence-corrected chi connectivity index (χ4v) is 3.20. The van der Waals surface area contributed by atoms with E-state index >= 15 is 0 Å². The Balaban J connectivity index is 2.19. The second kappa shape index (κ2) is 8.08. The SMILES string of the molecule is CCCc1c(C(=O)O)c(-c2ccc(C(=O)OC)cc2)nn1-c1cccc(C)c1. The van der Waals surface area contributed by atoms with Crippen LogP contribution in [0.4, 0.5) is 0 Å². The zero-order valence-corrected chi connectivity index (χ0v) is 16.1. The first-order valence-corrected chi connectivity index (χ1v) is 9.07. The normalized spacial score (nSPS) is 10.7. The summed E-state index contributed by atoms with van der Waals surface area (Å²) in [6.07, 6.45) is 1.38. The van der Waals surface area contributed by atoms with Crippen LogP contribution < -0.4 is 0 Å². The van der Waals surface area contributed by atoms with Crippen LogP contribution in [0.5, 0.6) is 0 Å². The smallest absolute Gasteiger partial charge is 0.339 e. The van der Waals surface area contributed by atoms with Crippen molar-refractivity contribution in [3.05, 3.63) is 70.9 Å². The number of carbonyl (C=O) groups excluding carboxylic acids is 1. The molecular weight excluding hydrogens is 356 g/mol. The number of nitrogens with zero attached hydrogens (tertiary/aromatic N) is 2. The maximum Gasteiger partial charge on any atom is 0.339 e. The molecular formula is C22H22N2O4. The van der Waals surface area contributed by atoms with Crippen molar-refractivity contribution >= 4 is 11.9 Å². The van der Waals surface area contributed by atoms with Crippen LogP contribution in [-0.4, -0.2) is 33.9 Å². The Hall–Kier alpha value is -3.41. The predicted molar refractivity (Wildman–Crippen MR) is 106 cm³/mol. The summed E-state index contributed by atoms with van der Waals surface area (Å²) < 4.78 is 6.43. The van der Waals surface area contributed by atoms with Gasteiger partial charge in [0.1, 0.15) is 11.3 Å². The standard InChI is InChI=1S/C22H22N2O4/c1-4-6-18-19(21(25)26)20(15-9-11-16(12-10-15)22(27)28-3)23-24(18)17-8-5-7-14(2)13-17/h5,7-13H,4,6H2,1-3H3,(H,25,26). The van der Waals surface area contributed by atoms with Gasteiger partial charge in [0, 0.05) is 5.56 Å². The molecule has 0 aliphatic carbocycles. The van der Waals surface area contributed by atoms with Crippen molar-refractivity contribution in [2.45, 2.75) is 26.7 Å². The summed E-state index contributed by atoms with van der Waals surface area (Å²) in [5, 5.41) is 14.5. The molecule has 0 spiro atoms. The highest BCUT2D eigenvalue weighted by Crippen LogP contribution is 2.29. The zero-order chi connectivity index (χ0) is 20.3. The number of carboxylic acid groups (broad SMARTS) is 1. The number of hydrogen-bond acceptors (Lipinski definition) is 4. The van der Waals surface area contributed by atoms with Crippen molar-refractivity contribution in [3.63, 3.8) is 0 Å². The number of methoxy groups -OCH3 is 1. The second-order valence-electron chi connectivity index (χ2n) is 6.55. The van der Waals surface area contributed by atoms with Crippen LogP contribution in [0.3, 0.4) is 0 Å². The van der Waals surface area contributed by atoms with E-state index in [0.717, 1.165) is 17.7 Å². The number of hydrogen-bond donors (Lipinski definition) is 1. The van der Waals surface area contributed by atoms with Gasteiger partial charge >= 0.3 is 11.9 Å². The summed E-state index contributed by atoms with van der Waals surface area (Å²) in [6, 6.07) is 14.4. The van der Waals surface area contributed by atoms with Gasteiger partial charge in [-0.1, -0.05) is 37.6 Å². The van der Waals surface area contributed by atoms with Crippen LogP contribution in [0.15, 0.2) is 48.5 Å². The molecule has 0 atom stereocenters.